The van der Waals surface area contributed by atoms with Crippen LogP contribution < -0.4 is 5.73 Å². The number of rotatable bonds is 12. The van der Waals surface area contributed by atoms with Crippen LogP contribution in [0.2, 0.25) is 0 Å². The molecule has 0 bridgehead atoms. The summed E-state index contributed by atoms with van der Waals surface area (Å²) in [6, 6.07) is 17.0. The second kappa shape index (κ2) is 20.6. The van der Waals surface area contributed by atoms with E-state index in [9.17, 15) is 20.1 Å². The molecule has 2 aliphatic rings. The van der Waals surface area contributed by atoms with E-state index in [-0.39, 0.29) is 24.9 Å². The lowest BCUT2D eigenvalue weighted by Gasteiger charge is -2.31. The summed E-state index contributed by atoms with van der Waals surface area (Å²) in [7, 11) is 3.89. The number of carboxylic acids is 1. The van der Waals surface area contributed by atoms with Gasteiger partial charge in [-0.15, -0.1) is 0 Å². The summed E-state index contributed by atoms with van der Waals surface area (Å²) in [5.74, 6) is 3.01. The van der Waals surface area contributed by atoms with Crippen LogP contribution in [0.4, 0.5) is 0 Å². The average molecular weight is 668 g/mol. The number of allylic oxidation sites excluding steroid dienone is 1. The molecule has 1 aliphatic carbocycles. The third kappa shape index (κ3) is 12.7. The second-order valence-corrected chi connectivity index (χ2v) is 16.3. The number of aliphatic carboxylic acids is 1. The molecule has 0 amide bonds. The molecule has 46 heavy (non-hydrogen) atoms. The lowest BCUT2D eigenvalue weighted by Crippen LogP contribution is -2.25. The smallest absolute Gasteiger partial charge is 0.303 e. The maximum absolute atomic E-state index is 12.1. The predicted octanol–water partition coefficient (Wildman–Crippen LogP) is 8.60. The van der Waals surface area contributed by atoms with Gasteiger partial charge in [0.15, 0.2) is 0 Å². The van der Waals surface area contributed by atoms with Gasteiger partial charge in [-0.3, -0.25) is 4.79 Å². The molecule has 0 spiro atoms. The van der Waals surface area contributed by atoms with E-state index in [1.165, 1.54) is 48.8 Å². The molecule has 4 rings (SSSR count). The fraction of sp³-hybridized carbons (Fsp3) is 0.615. The number of carbonyl (C=O) groups is 1. The van der Waals surface area contributed by atoms with Crippen LogP contribution in [0.1, 0.15) is 99.3 Å². The van der Waals surface area contributed by atoms with Crippen LogP contribution in [0.15, 0.2) is 60.7 Å². The Labute approximate surface area is 285 Å². The topological polar surface area (TPSA) is 104 Å². The first-order valence-electron chi connectivity index (χ1n) is 17.7. The Bertz CT molecular complexity index is 1200. The summed E-state index contributed by atoms with van der Waals surface area (Å²) in [6.07, 6.45) is 17.7. The summed E-state index contributed by atoms with van der Waals surface area (Å²) in [5, 5.41) is 30.7. The third-order valence-electron chi connectivity index (χ3n) is 10.5. The average Bonchev–Trinajstić information content (AvgIpc) is 3.06. The molecular formula is C39H57NO4S2. The molecule has 7 heteroatoms. The monoisotopic (exact) mass is 667 g/mol. The van der Waals surface area contributed by atoms with Crippen molar-refractivity contribution in [3.05, 3.63) is 82.9 Å². The Morgan fingerprint density at radius 3 is 2.41 bits per heavy atom. The van der Waals surface area contributed by atoms with Crippen LogP contribution in [0.3, 0.4) is 0 Å². The van der Waals surface area contributed by atoms with Gasteiger partial charge in [0.25, 0.3) is 0 Å². The van der Waals surface area contributed by atoms with Crippen molar-refractivity contribution in [2.75, 3.05) is 12.3 Å². The number of hydrogen-bond donors (Lipinski definition) is 4. The SMILES string of the molecule is NCCC1CCC(CC=CC(O)CC2CCCCC2)C(Cc2cccc(CO)c2)CSSCc2ccccc2CCC1CC(=O)O. The van der Waals surface area contributed by atoms with Crippen LogP contribution >= 0.6 is 21.6 Å². The number of nitrogens with two attached hydrogens (primary N) is 1. The zero-order chi connectivity index (χ0) is 32.6. The minimum Gasteiger partial charge on any atom is -0.481 e. The zero-order valence-electron chi connectivity index (χ0n) is 27.6. The van der Waals surface area contributed by atoms with E-state index < -0.39 is 12.1 Å². The molecule has 5 nitrogen and oxygen atoms in total. The van der Waals surface area contributed by atoms with Gasteiger partial charge in [-0.1, -0.05) is 114 Å². The molecule has 5 N–H and O–H groups in total. The summed E-state index contributed by atoms with van der Waals surface area (Å²) < 4.78 is 0. The fourth-order valence-corrected chi connectivity index (χ4v) is 10.4. The summed E-state index contributed by atoms with van der Waals surface area (Å²) >= 11 is 0. The Morgan fingerprint density at radius 2 is 1.65 bits per heavy atom. The molecule has 254 valence electrons. The predicted molar refractivity (Wildman–Crippen MR) is 195 cm³/mol. The Hall–Kier alpha value is -1.77. The minimum atomic E-state index is -0.721. The van der Waals surface area contributed by atoms with E-state index in [1.54, 1.807) is 0 Å². The lowest BCUT2D eigenvalue weighted by molar-refractivity contribution is -0.138. The van der Waals surface area contributed by atoms with Gasteiger partial charge >= 0.3 is 5.97 Å². The number of benzene rings is 2. The molecule has 0 aromatic heterocycles. The summed E-state index contributed by atoms with van der Waals surface area (Å²) in [4.78, 5) is 12.1. The van der Waals surface area contributed by atoms with Crippen LogP contribution in [0.5, 0.6) is 0 Å². The highest BCUT2D eigenvalue weighted by molar-refractivity contribution is 8.76. The molecule has 1 aliphatic heterocycles. The van der Waals surface area contributed by atoms with E-state index in [0.717, 1.165) is 68.4 Å². The molecule has 0 radical (unpaired) electrons. The molecule has 1 fully saturated rings. The maximum Gasteiger partial charge on any atom is 0.303 e. The molecular weight excluding hydrogens is 611 g/mol. The minimum absolute atomic E-state index is 0.0410. The quantitative estimate of drug-likeness (QED) is 0.133. The number of aliphatic hydroxyl groups excluding tert-OH is 2. The maximum atomic E-state index is 12.1. The fourth-order valence-electron chi connectivity index (χ4n) is 7.83. The lowest BCUT2D eigenvalue weighted by atomic mass is 9.75. The first-order valence-corrected chi connectivity index (χ1v) is 20.2. The van der Waals surface area contributed by atoms with Crippen molar-refractivity contribution in [2.45, 2.75) is 108 Å². The zero-order valence-corrected chi connectivity index (χ0v) is 29.2. The van der Waals surface area contributed by atoms with Crippen molar-refractivity contribution in [1.82, 2.24) is 0 Å². The van der Waals surface area contributed by atoms with Crippen molar-refractivity contribution in [3.8, 4) is 0 Å². The van der Waals surface area contributed by atoms with Crippen molar-refractivity contribution in [1.29, 1.82) is 0 Å². The first kappa shape index (κ1) is 37.1. The molecule has 0 saturated heterocycles. The van der Waals surface area contributed by atoms with Crippen LogP contribution in [0, 0.1) is 29.6 Å². The molecule has 5 unspecified atom stereocenters. The normalized spacial score (nSPS) is 24.7. The Balaban J connectivity index is 1.59. The molecule has 5 atom stereocenters. The van der Waals surface area contributed by atoms with Gasteiger partial charge in [0.05, 0.1) is 12.7 Å². The highest BCUT2D eigenvalue weighted by Crippen LogP contribution is 2.39. The Morgan fingerprint density at radius 1 is 0.891 bits per heavy atom. The van der Waals surface area contributed by atoms with Crippen molar-refractivity contribution in [3.63, 3.8) is 0 Å². The summed E-state index contributed by atoms with van der Waals surface area (Å²) in [5.41, 5.74) is 11.0. The number of aliphatic hydroxyl groups is 2. The number of fused-ring (bicyclic) bond motifs is 1. The largest absolute Gasteiger partial charge is 0.481 e. The summed E-state index contributed by atoms with van der Waals surface area (Å²) in [6.45, 7) is 0.610. The third-order valence-corrected chi connectivity index (χ3v) is 12.9. The van der Waals surface area contributed by atoms with Crippen LogP contribution in [0.25, 0.3) is 0 Å². The number of aryl methyl sites for hydroxylation is 1. The van der Waals surface area contributed by atoms with E-state index >= 15 is 0 Å². The van der Waals surface area contributed by atoms with Crippen molar-refractivity contribution < 1.29 is 20.1 Å². The van der Waals surface area contributed by atoms with E-state index in [0.29, 0.717) is 24.3 Å². The van der Waals surface area contributed by atoms with Gasteiger partial charge in [-0.25, -0.2) is 0 Å². The van der Waals surface area contributed by atoms with Gasteiger partial charge in [0, 0.05) is 17.9 Å². The van der Waals surface area contributed by atoms with E-state index in [1.807, 2.05) is 39.8 Å². The molecule has 2 aromatic carbocycles. The van der Waals surface area contributed by atoms with E-state index in [4.69, 9.17) is 5.73 Å². The molecule has 2 aromatic rings. The van der Waals surface area contributed by atoms with Crippen LogP contribution in [-0.4, -0.2) is 39.7 Å². The second-order valence-electron chi connectivity index (χ2n) is 13.8. The molecule has 1 heterocycles. The van der Waals surface area contributed by atoms with Gasteiger partial charge in [0.2, 0.25) is 0 Å². The van der Waals surface area contributed by atoms with Gasteiger partial charge in [-0.2, -0.15) is 0 Å². The van der Waals surface area contributed by atoms with Gasteiger partial charge in [0.1, 0.15) is 0 Å². The van der Waals surface area contributed by atoms with Crippen molar-refractivity contribution in [2.24, 2.45) is 35.3 Å². The first-order chi connectivity index (χ1) is 22.4. The number of carboxylic acid groups (broad SMARTS) is 1. The number of hydrogen-bond acceptors (Lipinski definition) is 6. The highest BCUT2D eigenvalue weighted by Gasteiger charge is 2.28. The van der Waals surface area contributed by atoms with Gasteiger partial charge < -0.3 is 21.1 Å². The molecule has 1 saturated carbocycles. The Kier molecular flexibility index (Phi) is 16.6. The van der Waals surface area contributed by atoms with Crippen LogP contribution in [-0.2, 0) is 30.0 Å². The van der Waals surface area contributed by atoms with Gasteiger partial charge in [-0.05, 0) is 110 Å². The van der Waals surface area contributed by atoms with E-state index in [2.05, 4.69) is 42.5 Å². The highest BCUT2D eigenvalue weighted by atomic mass is 33.1. The van der Waals surface area contributed by atoms with Crippen molar-refractivity contribution >= 4 is 27.6 Å². The standard InChI is InChI=1S/C39H57NO4S2/c40-21-20-34-17-16-33(14-7-15-38(42)24-29-8-2-1-3-9-29)37(23-30-10-6-11-31(22-30)26-41)28-46-45-27-36-13-5-4-12-32(36)18-19-35(34)25-39(43)44/h4-7,10-13,15,22,29,33-35,37-38,41-42H,1-3,8-9,14,16-21,23-28,40H2,(H,43,44).